The van der Waals surface area contributed by atoms with Crippen molar-refractivity contribution in [2.45, 2.75) is 46.0 Å². The average molecular weight is 447 g/mol. The van der Waals surface area contributed by atoms with Gasteiger partial charge in [-0.1, -0.05) is 66.8 Å². The second-order valence-corrected chi connectivity index (χ2v) is 8.85. The molecule has 170 valence electrons. The van der Waals surface area contributed by atoms with E-state index in [1.54, 1.807) is 42.5 Å². The van der Waals surface area contributed by atoms with Crippen molar-refractivity contribution in [2.75, 3.05) is 0 Å². The Hall–Kier alpha value is -3.07. The Bertz CT molecular complexity index is 1190. The van der Waals surface area contributed by atoms with Gasteiger partial charge in [0.25, 0.3) is 0 Å². The summed E-state index contributed by atoms with van der Waals surface area (Å²) in [5.74, 6) is -1.26. The Labute approximate surface area is 194 Å². The van der Waals surface area contributed by atoms with Gasteiger partial charge in [0.1, 0.15) is 5.82 Å². The van der Waals surface area contributed by atoms with Crippen molar-refractivity contribution in [3.8, 4) is 22.3 Å². The van der Waals surface area contributed by atoms with Gasteiger partial charge < -0.3 is 0 Å². The summed E-state index contributed by atoms with van der Waals surface area (Å²) in [5.41, 5.74) is 4.40. The lowest BCUT2D eigenvalue weighted by atomic mass is 9.84. The minimum absolute atomic E-state index is 0.203. The number of benzene rings is 3. The van der Waals surface area contributed by atoms with E-state index in [2.05, 4.69) is 25.2 Å². The summed E-state index contributed by atoms with van der Waals surface area (Å²) in [6.07, 6.45) is 12.1. The summed E-state index contributed by atoms with van der Waals surface area (Å²) < 4.78 is 43.3. The van der Waals surface area contributed by atoms with Crippen LogP contribution in [0, 0.1) is 30.3 Å². The minimum atomic E-state index is -0.858. The monoisotopic (exact) mass is 446 g/mol. The van der Waals surface area contributed by atoms with E-state index in [-0.39, 0.29) is 16.9 Å². The second kappa shape index (κ2) is 10.2. The Kier molecular flexibility index (Phi) is 7.17. The topological polar surface area (TPSA) is 0 Å². The Balaban J connectivity index is 1.50. The standard InChI is InChI=1S/C30H29F3/c1-3-4-5-6-21-8-10-22(11-9-21)25-16-18-26(28(31)19-25)23-12-14-24(15-13-23)27-17-7-20(2)29(32)30(27)33/h3-4,7,10,12-19,21H,5-6,8-9,11H2,1-2H3. The van der Waals surface area contributed by atoms with Crippen molar-refractivity contribution in [2.24, 2.45) is 5.92 Å². The van der Waals surface area contributed by atoms with Crippen LogP contribution in [-0.4, -0.2) is 0 Å². The van der Waals surface area contributed by atoms with Crippen LogP contribution in [0.25, 0.3) is 27.8 Å². The van der Waals surface area contributed by atoms with E-state index in [9.17, 15) is 8.78 Å². The highest BCUT2D eigenvalue weighted by Crippen LogP contribution is 2.35. The molecule has 1 aliphatic rings. The molecule has 3 aromatic rings. The molecule has 0 aromatic heterocycles. The van der Waals surface area contributed by atoms with Gasteiger partial charge in [0, 0.05) is 11.1 Å². The Morgan fingerprint density at radius 1 is 0.848 bits per heavy atom. The molecule has 0 saturated carbocycles. The molecule has 0 radical (unpaired) electrons. The van der Waals surface area contributed by atoms with Crippen molar-refractivity contribution >= 4 is 5.57 Å². The van der Waals surface area contributed by atoms with Gasteiger partial charge in [0.05, 0.1) is 0 Å². The number of halogens is 3. The van der Waals surface area contributed by atoms with E-state index >= 15 is 4.39 Å². The second-order valence-electron chi connectivity index (χ2n) is 8.85. The smallest absolute Gasteiger partial charge is 0.166 e. The van der Waals surface area contributed by atoms with Crippen molar-refractivity contribution in [1.82, 2.24) is 0 Å². The minimum Gasteiger partial charge on any atom is -0.206 e. The molecule has 0 fully saturated rings. The van der Waals surface area contributed by atoms with E-state index in [4.69, 9.17) is 0 Å². The summed E-state index contributed by atoms with van der Waals surface area (Å²) in [5, 5.41) is 0. The molecule has 0 heterocycles. The van der Waals surface area contributed by atoms with Crippen molar-refractivity contribution in [3.63, 3.8) is 0 Å². The molecule has 1 atom stereocenters. The number of hydrogen-bond acceptors (Lipinski definition) is 0. The highest BCUT2D eigenvalue weighted by atomic mass is 19.2. The van der Waals surface area contributed by atoms with Gasteiger partial charge in [-0.3, -0.25) is 0 Å². The zero-order valence-corrected chi connectivity index (χ0v) is 19.2. The number of aryl methyl sites for hydroxylation is 1. The largest absolute Gasteiger partial charge is 0.206 e. The molecule has 1 unspecified atom stereocenters. The fourth-order valence-electron chi connectivity index (χ4n) is 4.56. The Morgan fingerprint density at radius 3 is 2.15 bits per heavy atom. The zero-order chi connectivity index (χ0) is 23.4. The predicted molar refractivity (Wildman–Crippen MR) is 131 cm³/mol. The first-order valence-electron chi connectivity index (χ1n) is 11.6. The normalized spacial score (nSPS) is 16.3. The number of allylic oxidation sites excluding steroid dienone is 4. The molecule has 0 nitrogen and oxygen atoms in total. The maximum atomic E-state index is 15.0. The van der Waals surface area contributed by atoms with Gasteiger partial charge in [-0.05, 0) is 85.8 Å². The van der Waals surface area contributed by atoms with E-state index in [1.165, 1.54) is 18.9 Å². The first-order chi connectivity index (χ1) is 16.0. The third-order valence-corrected chi connectivity index (χ3v) is 6.62. The molecule has 0 amide bonds. The van der Waals surface area contributed by atoms with Crippen LogP contribution in [0.15, 0.2) is 72.8 Å². The highest BCUT2D eigenvalue weighted by molar-refractivity contribution is 5.74. The van der Waals surface area contributed by atoms with Gasteiger partial charge in [-0.2, -0.15) is 0 Å². The van der Waals surface area contributed by atoms with Gasteiger partial charge >= 0.3 is 0 Å². The maximum Gasteiger partial charge on any atom is 0.166 e. The molecule has 1 aliphatic carbocycles. The van der Waals surface area contributed by atoms with E-state index in [0.717, 1.165) is 31.2 Å². The van der Waals surface area contributed by atoms with Crippen LogP contribution in [0.5, 0.6) is 0 Å². The van der Waals surface area contributed by atoms with Crippen molar-refractivity contribution in [3.05, 3.63) is 101 Å². The quantitative estimate of drug-likeness (QED) is 0.331. The molecular formula is C30H29F3. The molecule has 0 aliphatic heterocycles. The average Bonchev–Trinajstić information content (AvgIpc) is 2.83. The van der Waals surface area contributed by atoms with E-state index < -0.39 is 11.6 Å². The summed E-state index contributed by atoms with van der Waals surface area (Å²) in [4.78, 5) is 0. The van der Waals surface area contributed by atoms with Gasteiger partial charge in [-0.25, -0.2) is 13.2 Å². The fourth-order valence-corrected chi connectivity index (χ4v) is 4.56. The lowest BCUT2D eigenvalue weighted by Gasteiger charge is -2.22. The van der Waals surface area contributed by atoms with Crippen LogP contribution in [0.1, 0.15) is 50.2 Å². The molecule has 4 rings (SSSR count). The van der Waals surface area contributed by atoms with Crippen LogP contribution < -0.4 is 0 Å². The predicted octanol–water partition coefficient (Wildman–Crippen LogP) is 9.29. The van der Waals surface area contributed by atoms with Gasteiger partial charge in [0.2, 0.25) is 0 Å². The third-order valence-electron chi connectivity index (χ3n) is 6.62. The van der Waals surface area contributed by atoms with Crippen molar-refractivity contribution < 1.29 is 13.2 Å². The van der Waals surface area contributed by atoms with Crippen LogP contribution in [-0.2, 0) is 0 Å². The summed E-state index contributed by atoms with van der Waals surface area (Å²) in [6.45, 7) is 3.58. The van der Waals surface area contributed by atoms with E-state index in [1.807, 2.05) is 12.1 Å². The van der Waals surface area contributed by atoms with Crippen LogP contribution in [0.4, 0.5) is 13.2 Å². The molecular weight excluding hydrogens is 417 g/mol. The SMILES string of the molecule is CC=CCCC1CC=C(c2ccc(-c3ccc(-c4ccc(C)c(F)c4F)cc3)c(F)c2)CC1. The fraction of sp³-hybridized carbons (Fsp3) is 0.267. The number of hydrogen-bond donors (Lipinski definition) is 0. The lowest BCUT2D eigenvalue weighted by Crippen LogP contribution is -2.05. The third kappa shape index (κ3) is 5.13. The molecule has 0 spiro atoms. The maximum absolute atomic E-state index is 15.0. The molecule has 3 heteroatoms. The molecule has 3 aromatic carbocycles. The zero-order valence-electron chi connectivity index (χ0n) is 19.2. The number of rotatable bonds is 6. The Morgan fingerprint density at radius 2 is 1.52 bits per heavy atom. The first kappa shape index (κ1) is 23.1. The molecule has 33 heavy (non-hydrogen) atoms. The van der Waals surface area contributed by atoms with Crippen LogP contribution in [0.3, 0.4) is 0 Å². The molecule has 0 N–H and O–H groups in total. The van der Waals surface area contributed by atoms with E-state index in [0.29, 0.717) is 22.6 Å². The molecule has 0 saturated heterocycles. The van der Waals surface area contributed by atoms with Gasteiger partial charge in [-0.15, -0.1) is 0 Å². The first-order valence-corrected chi connectivity index (χ1v) is 11.6. The summed E-state index contributed by atoms with van der Waals surface area (Å²) in [6, 6.07) is 15.4. The highest BCUT2D eigenvalue weighted by Gasteiger charge is 2.17. The molecule has 0 bridgehead atoms. The summed E-state index contributed by atoms with van der Waals surface area (Å²) >= 11 is 0. The summed E-state index contributed by atoms with van der Waals surface area (Å²) in [7, 11) is 0. The van der Waals surface area contributed by atoms with Crippen molar-refractivity contribution in [1.29, 1.82) is 0 Å². The van der Waals surface area contributed by atoms with Crippen LogP contribution in [0.2, 0.25) is 0 Å². The lowest BCUT2D eigenvalue weighted by molar-refractivity contribution is 0.454. The van der Waals surface area contributed by atoms with Gasteiger partial charge in [0.15, 0.2) is 11.6 Å². The van der Waals surface area contributed by atoms with Crippen LogP contribution >= 0.6 is 0 Å².